The zero-order valence-corrected chi connectivity index (χ0v) is 14.1. The number of carbonyl (C=O) groups excluding carboxylic acids is 1. The highest BCUT2D eigenvalue weighted by molar-refractivity contribution is 7.91. The highest BCUT2D eigenvalue weighted by atomic mass is 32.2. The predicted octanol–water partition coefficient (Wildman–Crippen LogP) is 1.20. The lowest BCUT2D eigenvalue weighted by Gasteiger charge is -2.24. The molecule has 126 valence electrons. The van der Waals surface area contributed by atoms with Gasteiger partial charge in [0.05, 0.1) is 17.5 Å². The van der Waals surface area contributed by atoms with E-state index in [1.165, 1.54) is 5.56 Å². The largest absolute Gasteiger partial charge is 0.354 e. The second-order valence-electron chi connectivity index (χ2n) is 6.63. The van der Waals surface area contributed by atoms with Crippen LogP contribution in [0.2, 0.25) is 0 Å². The molecule has 0 spiro atoms. The average molecular weight is 336 g/mol. The van der Waals surface area contributed by atoms with Crippen molar-refractivity contribution in [2.24, 2.45) is 5.92 Å². The topological polar surface area (TPSA) is 66.5 Å². The van der Waals surface area contributed by atoms with Crippen molar-refractivity contribution in [1.82, 2.24) is 10.2 Å². The van der Waals surface area contributed by atoms with Crippen molar-refractivity contribution >= 4 is 15.7 Å². The van der Waals surface area contributed by atoms with E-state index in [4.69, 9.17) is 0 Å². The maximum atomic E-state index is 12.5. The summed E-state index contributed by atoms with van der Waals surface area (Å²) in [5.74, 6) is 0.596. The van der Waals surface area contributed by atoms with Crippen LogP contribution in [0.5, 0.6) is 0 Å². The van der Waals surface area contributed by atoms with Crippen molar-refractivity contribution in [3.05, 3.63) is 35.9 Å². The molecule has 2 saturated heterocycles. The van der Waals surface area contributed by atoms with Crippen LogP contribution >= 0.6 is 0 Å². The van der Waals surface area contributed by atoms with E-state index in [0.717, 1.165) is 25.9 Å². The third-order valence-electron chi connectivity index (χ3n) is 4.79. The first-order valence-electron chi connectivity index (χ1n) is 8.29. The van der Waals surface area contributed by atoms with Gasteiger partial charge in [-0.1, -0.05) is 30.3 Å². The summed E-state index contributed by atoms with van der Waals surface area (Å²) in [6.45, 7) is 2.20. The summed E-state index contributed by atoms with van der Waals surface area (Å²) in [5, 5.41) is 2.98. The SMILES string of the molecule is O=C(NC[C@H]1CCS(=O)(=O)C1)[C@H]1CCCN1Cc1ccccc1. The number of rotatable bonds is 5. The Morgan fingerprint density at radius 2 is 2.00 bits per heavy atom. The molecule has 2 fully saturated rings. The standard InChI is InChI=1S/C17H24N2O3S/c20-17(18-11-15-8-10-23(21,22)13-15)16-7-4-9-19(16)12-14-5-2-1-3-6-14/h1-3,5-6,15-16H,4,7-13H2,(H,18,20)/t15-,16-/m1/s1. The molecule has 0 saturated carbocycles. The van der Waals surface area contributed by atoms with Crippen LogP contribution in [-0.2, 0) is 21.2 Å². The van der Waals surface area contributed by atoms with Crippen LogP contribution in [0.15, 0.2) is 30.3 Å². The van der Waals surface area contributed by atoms with Crippen molar-refractivity contribution in [2.75, 3.05) is 24.6 Å². The van der Waals surface area contributed by atoms with Gasteiger partial charge in [0.15, 0.2) is 9.84 Å². The summed E-state index contributed by atoms with van der Waals surface area (Å²) in [7, 11) is -2.88. The Hall–Kier alpha value is -1.40. The molecule has 0 radical (unpaired) electrons. The number of sulfone groups is 1. The van der Waals surface area contributed by atoms with E-state index in [2.05, 4.69) is 22.3 Å². The molecule has 5 nitrogen and oxygen atoms in total. The Labute approximate surface area is 138 Å². The summed E-state index contributed by atoms with van der Waals surface area (Å²) in [6.07, 6.45) is 2.57. The Bertz CT molecular complexity index is 645. The van der Waals surface area contributed by atoms with E-state index < -0.39 is 9.84 Å². The molecule has 0 aliphatic carbocycles. The van der Waals surface area contributed by atoms with Crippen molar-refractivity contribution in [3.63, 3.8) is 0 Å². The molecular weight excluding hydrogens is 312 g/mol. The van der Waals surface area contributed by atoms with E-state index in [1.54, 1.807) is 0 Å². The van der Waals surface area contributed by atoms with Gasteiger partial charge in [0.25, 0.3) is 0 Å². The van der Waals surface area contributed by atoms with Crippen LogP contribution in [-0.4, -0.2) is 49.9 Å². The fourth-order valence-corrected chi connectivity index (χ4v) is 5.39. The van der Waals surface area contributed by atoms with Crippen LogP contribution in [0.3, 0.4) is 0 Å². The summed E-state index contributed by atoms with van der Waals surface area (Å²) in [6, 6.07) is 10.1. The summed E-state index contributed by atoms with van der Waals surface area (Å²) < 4.78 is 23.0. The molecule has 0 bridgehead atoms. The lowest BCUT2D eigenvalue weighted by molar-refractivity contribution is -0.125. The van der Waals surface area contributed by atoms with Gasteiger partial charge >= 0.3 is 0 Å². The van der Waals surface area contributed by atoms with Crippen LogP contribution in [0, 0.1) is 5.92 Å². The number of carbonyl (C=O) groups is 1. The van der Waals surface area contributed by atoms with Gasteiger partial charge in [0, 0.05) is 13.1 Å². The van der Waals surface area contributed by atoms with Gasteiger partial charge in [-0.2, -0.15) is 0 Å². The molecule has 1 aromatic carbocycles. The number of nitrogens with one attached hydrogen (secondary N) is 1. The van der Waals surface area contributed by atoms with Gasteiger partial charge in [-0.25, -0.2) is 8.42 Å². The third kappa shape index (κ3) is 4.32. The molecule has 1 N–H and O–H groups in total. The van der Waals surface area contributed by atoms with Crippen LogP contribution < -0.4 is 5.32 Å². The summed E-state index contributed by atoms with van der Waals surface area (Å²) in [5.41, 5.74) is 1.22. The second-order valence-corrected chi connectivity index (χ2v) is 8.86. The first kappa shape index (κ1) is 16.5. The summed E-state index contributed by atoms with van der Waals surface area (Å²) in [4.78, 5) is 14.7. The van der Waals surface area contributed by atoms with Gasteiger partial charge in [-0.05, 0) is 37.3 Å². The predicted molar refractivity (Wildman–Crippen MR) is 89.6 cm³/mol. The van der Waals surface area contributed by atoms with E-state index >= 15 is 0 Å². The van der Waals surface area contributed by atoms with Crippen LogP contribution in [0.4, 0.5) is 0 Å². The molecule has 3 rings (SSSR count). The van der Waals surface area contributed by atoms with Gasteiger partial charge < -0.3 is 5.32 Å². The minimum Gasteiger partial charge on any atom is -0.354 e. The Morgan fingerprint density at radius 1 is 1.22 bits per heavy atom. The number of hydrogen-bond donors (Lipinski definition) is 1. The molecule has 0 aromatic heterocycles. The first-order chi connectivity index (χ1) is 11.0. The molecule has 2 atom stereocenters. The third-order valence-corrected chi connectivity index (χ3v) is 6.62. The van der Waals surface area contributed by atoms with Gasteiger partial charge in [-0.3, -0.25) is 9.69 Å². The number of hydrogen-bond acceptors (Lipinski definition) is 4. The number of nitrogens with zero attached hydrogens (tertiary/aromatic N) is 1. The highest BCUT2D eigenvalue weighted by Crippen LogP contribution is 2.21. The number of benzene rings is 1. The van der Waals surface area contributed by atoms with E-state index in [0.29, 0.717) is 13.0 Å². The van der Waals surface area contributed by atoms with Crippen LogP contribution in [0.1, 0.15) is 24.8 Å². The van der Waals surface area contributed by atoms with Gasteiger partial charge in [0.2, 0.25) is 5.91 Å². The molecule has 2 heterocycles. The van der Waals surface area contributed by atoms with Crippen molar-refractivity contribution in [2.45, 2.75) is 31.8 Å². The maximum absolute atomic E-state index is 12.5. The lowest BCUT2D eigenvalue weighted by Crippen LogP contribution is -2.44. The molecule has 1 aromatic rings. The normalized spacial score (nSPS) is 27.1. The zero-order valence-electron chi connectivity index (χ0n) is 13.3. The molecular formula is C17H24N2O3S. The lowest BCUT2D eigenvalue weighted by atomic mass is 10.1. The van der Waals surface area contributed by atoms with Crippen molar-refractivity contribution in [1.29, 1.82) is 0 Å². The van der Waals surface area contributed by atoms with E-state index in [1.807, 2.05) is 18.2 Å². The molecule has 1 amide bonds. The van der Waals surface area contributed by atoms with Crippen LogP contribution in [0.25, 0.3) is 0 Å². The van der Waals surface area contributed by atoms with Crippen molar-refractivity contribution < 1.29 is 13.2 Å². The van der Waals surface area contributed by atoms with E-state index in [-0.39, 0.29) is 29.4 Å². The van der Waals surface area contributed by atoms with Crippen molar-refractivity contribution in [3.8, 4) is 0 Å². The zero-order chi connectivity index (χ0) is 16.3. The minimum absolute atomic E-state index is 0.0442. The number of amides is 1. The molecule has 2 aliphatic rings. The first-order valence-corrected chi connectivity index (χ1v) is 10.1. The Kier molecular flexibility index (Phi) is 5.02. The Morgan fingerprint density at radius 3 is 2.70 bits per heavy atom. The number of likely N-dealkylation sites (tertiary alicyclic amines) is 1. The monoisotopic (exact) mass is 336 g/mol. The molecule has 6 heteroatoms. The Balaban J connectivity index is 1.52. The highest BCUT2D eigenvalue weighted by Gasteiger charge is 2.32. The minimum atomic E-state index is -2.88. The van der Waals surface area contributed by atoms with Gasteiger partial charge in [-0.15, -0.1) is 0 Å². The van der Waals surface area contributed by atoms with Gasteiger partial charge in [0.1, 0.15) is 0 Å². The average Bonchev–Trinajstić information content (AvgIpc) is 3.12. The maximum Gasteiger partial charge on any atom is 0.237 e. The molecule has 0 unspecified atom stereocenters. The van der Waals surface area contributed by atoms with E-state index in [9.17, 15) is 13.2 Å². The second kappa shape index (κ2) is 7.01. The summed E-state index contributed by atoms with van der Waals surface area (Å²) >= 11 is 0. The smallest absolute Gasteiger partial charge is 0.237 e. The molecule has 2 aliphatic heterocycles. The quantitative estimate of drug-likeness (QED) is 0.877. The molecule has 23 heavy (non-hydrogen) atoms. The fourth-order valence-electron chi connectivity index (χ4n) is 3.53. The fraction of sp³-hybridized carbons (Fsp3) is 0.588.